The van der Waals surface area contributed by atoms with Gasteiger partial charge in [0.2, 0.25) is 0 Å². The van der Waals surface area contributed by atoms with Crippen molar-refractivity contribution >= 4 is 17.9 Å². The number of allylic oxidation sites excluding steroid dienone is 12. The van der Waals surface area contributed by atoms with Gasteiger partial charge >= 0.3 is 17.9 Å². The SMILES string of the molecule is CC/C=C\C/C=C\C/C=C\CCCCCCCC(=O)OC(COC(=O)CCCCCCC/C=C\CCC)COC(=O)CCCCCCCCCCC/C=C\C/C=C\CCCCC. The van der Waals surface area contributed by atoms with E-state index in [1.165, 1.54) is 89.9 Å². The van der Waals surface area contributed by atoms with Crippen LogP contribution in [0.2, 0.25) is 0 Å². The van der Waals surface area contributed by atoms with Crippen LogP contribution in [0.1, 0.15) is 245 Å². The Morgan fingerprint density at radius 1 is 0.339 bits per heavy atom. The Kier molecular flexibility index (Phi) is 47.9. The average molecular weight is 865 g/mol. The summed E-state index contributed by atoms with van der Waals surface area (Å²) in [4.78, 5) is 37.9. The molecule has 0 aliphatic carbocycles. The minimum Gasteiger partial charge on any atom is -0.462 e. The highest BCUT2D eigenvalue weighted by Gasteiger charge is 2.19. The van der Waals surface area contributed by atoms with Crippen LogP contribution in [0.15, 0.2) is 72.9 Å². The van der Waals surface area contributed by atoms with Gasteiger partial charge < -0.3 is 14.2 Å². The number of hydrogen-bond donors (Lipinski definition) is 0. The molecule has 6 nitrogen and oxygen atoms in total. The number of hydrogen-bond acceptors (Lipinski definition) is 6. The van der Waals surface area contributed by atoms with E-state index in [4.69, 9.17) is 14.2 Å². The van der Waals surface area contributed by atoms with Gasteiger partial charge in [0.05, 0.1) is 0 Å². The number of ether oxygens (including phenoxy) is 3. The van der Waals surface area contributed by atoms with Gasteiger partial charge in [-0.05, 0) is 103 Å². The smallest absolute Gasteiger partial charge is 0.306 e. The van der Waals surface area contributed by atoms with Crippen molar-refractivity contribution in [3.8, 4) is 0 Å². The molecule has 0 aromatic carbocycles. The van der Waals surface area contributed by atoms with E-state index in [-0.39, 0.29) is 31.1 Å². The molecule has 0 saturated carbocycles. The third kappa shape index (κ3) is 47.9. The van der Waals surface area contributed by atoms with Crippen molar-refractivity contribution < 1.29 is 28.6 Å². The van der Waals surface area contributed by atoms with Crippen molar-refractivity contribution in [2.45, 2.75) is 252 Å². The summed E-state index contributed by atoms with van der Waals surface area (Å²) < 4.78 is 16.8. The van der Waals surface area contributed by atoms with Gasteiger partial charge in [0, 0.05) is 19.3 Å². The predicted molar refractivity (Wildman–Crippen MR) is 265 cm³/mol. The van der Waals surface area contributed by atoms with E-state index in [2.05, 4.69) is 93.7 Å². The molecule has 0 saturated heterocycles. The van der Waals surface area contributed by atoms with Crippen molar-refractivity contribution in [1.82, 2.24) is 0 Å². The quantitative estimate of drug-likeness (QED) is 0.0262. The van der Waals surface area contributed by atoms with Crippen molar-refractivity contribution in [3.05, 3.63) is 72.9 Å². The average Bonchev–Trinajstić information content (AvgIpc) is 3.27. The van der Waals surface area contributed by atoms with Gasteiger partial charge in [-0.3, -0.25) is 14.4 Å². The second-order valence-corrected chi connectivity index (χ2v) is 17.0. The second-order valence-electron chi connectivity index (χ2n) is 17.0. The van der Waals surface area contributed by atoms with E-state index >= 15 is 0 Å². The molecule has 0 aromatic rings. The second kappa shape index (κ2) is 50.5. The molecule has 62 heavy (non-hydrogen) atoms. The molecular formula is C56H96O6. The largest absolute Gasteiger partial charge is 0.462 e. The van der Waals surface area contributed by atoms with Crippen LogP contribution in [0.3, 0.4) is 0 Å². The van der Waals surface area contributed by atoms with E-state index in [0.29, 0.717) is 19.3 Å². The fourth-order valence-electron chi connectivity index (χ4n) is 7.02. The fraction of sp³-hybridized carbons (Fsp3) is 0.732. The van der Waals surface area contributed by atoms with E-state index < -0.39 is 6.10 Å². The summed E-state index contributed by atoms with van der Waals surface area (Å²) in [6, 6.07) is 0. The minimum absolute atomic E-state index is 0.0876. The van der Waals surface area contributed by atoms with Crippen LogP contribution in [-0.4, -0.2) is 37.2 Å². The Morgan fingerprint density at radius 2 is 0.661 bits per heavy atom. The molecule has 0 aromatic heterocycles. The molecule has 356 valence electrons. The summed E-state index contributed by atoms with van der Waals surface area (Å²) in [5.41, 5.74) is 0. The van der Waals surface area contributed by atoms with Crippen LogP contribution in [-0.2, 0) is 28.6 Å². The number of esters is 3. The predicted octanol–water partition coefficient (Wildman–Crippen LogP) is 17.0. The van der Waals surface area contributed by atoms with Crippen LogP contribution in [0, 0.1) is 0 Å². The van der Waals surface area contributed by atoms with Gasteiger partial charge in [-0.15, -0.1) is 0 Å². The lowest BCUT2D eigenvalue weighted by atomic mass is 10.1. The lowest BCUT2D eigenvalue weighted by molar-refractivity contribution is -0.167. The highest BCUT2D eigenvalue weighted by molar-refractivity contribution is 5.71. The van der Waals surface area contributed by atoms with Gasteiger partial charge in [0.1, 0.15) is 13.2 Å². The fourth-order valence-corrected chi connectivity index (χ4v) is 7.02. The van der Waals surface area contributed by atoms with Gasteiger partial charge in [-0.2, -0.15) is 0 Å². The van der Waals surface area contributed by atoms with Crippen LogP contribution >= 0.6 is 0 Å². The van der Waals surface area contributed by atoms with E-state index in [0.717, 1.165) is 116 Å². The summed E-state index contributed by atoms with van der Waals surface area (Å²) in [5.74, 6) is -0.919. The number of unbranched alkanes of at least 4 members (excludes halogenated alkanes) is 23. The maximum absolute atomic E-state index is 12.8. The summed E-state index contributed by atoms with van der Waals surface area (Å²) in [7, 11) is 0. The number of carbonyl (C=O) groups is 3. The third-order valence-corrected chi connectivity index (χ3v) is 10.9. The minimum atomic E-state index is -0.788. The van der Waals surface area contributed by atoms with Gasteiger partial charge in [-0.1, -0.05) is 196 Å². The van der Waals surface area contributed by atoms with Crippen molar-refractivity contribution in [2.75, 3.05) is 13.2 Å². The topological polar surface area (TPSA) is 78.9 Å². The molecule has 0 fully saturated rings. The first-order valence-electron chi connectivity index (χ1n) is 25.9. The zero-order chi connectivity index (χ0) is 45.1. The summed E-state index contributed by atoms with van der Waals surface area (Å²) in [5, 5.41) is 0. The highest BCUT2D eigenvalue weighted by atomic mass is 16.6. The van der Waals surface area contributed by atoms with Crippen LogP contribution in [0.5, 0.6) is 0 Å². The monoisotopic (exact) mass is 865 g/mol. The molecule has 0 N–H and O–H groups in total. The molecule has 0 aliphatic rings. The lowest BCUT2D eigenvalue weighted by Crippen LogP contribution is -2.30. The molecule has 0 heterocycles. The Morgan fingerprint density at radius 3 is 1.06 bits per heavy atom. The molecule has 1 atom stereocenters. The number of rotatable bonds is 46. The molecule has 1 unspecified atom stereocenters. The summed E-state index contributed by atoms with van der Waals surface area (Å²) in [6.45, 7) is 6.42. The maximum Gasteiger partial charge on any atom is 0.306 e. The highest BCUT2D eigenvalue weighted by Crippen LogP contribution is 2.14. The zero-order valence-electron chi connectivity index (χ0n) is 40.6. The van der Waals surface area contributed by atoms with E-state index in [1.807, 2.05) is 0 Å². The number of carbonyl (C=O) groups excluding carboxylic acids is 3. The Labute approximate surface area is 382 Å². The van der Waals surface area contributed by atoms with Gasteiger partial charge in [0.15, 0.2) is 6.10 Å². The molecule has 6 heteroatoms. The first-order chi connectivity index (χ1) is 30.5. The third-order valence-electron chi connectivity index (χ3n) is 10.9. The first-order valence-corrected chi connectivity index (χ1v) is 25.9. The molecular weight excluding hydrogens is 769 g/mol. The normalized spacial score (nSPS) is 12.6. The first kappa shape index (κ1) is 58.9. The molecule has 0 bridgehead atoms. The van der Waals surface area contributed by atoms with Crippen molar-refractivity contribution in [1.29, 1.82) is 0 Å². The van der Waals surface area contributed by atoms with Gasteiger partial charge in [-0.25, -0.2) is 0 Å². The Hall–Kier alpha value is -3.15. The Bertz CT molecular complexity index is 1180. The van der Waals surface area contributed by atoms with E-state index in [9.17, 15) is 14.4 Å². The van der Waals surface area contributed by atoms with Crippen LogP contribution in [0.25, 0.3) is 0 Å². The van der Waals surface area contributed by atoms with E-state index in [1.54, 1.807) is 0 Å². The maximum atomic E-state index is 12.8. The Balaban J connectivity index is 4.36. The van der Waals surface area contributed by atoms with Crippen molar-refractivity contribution in [2.24, 2.45) is 0 Å². The molecule has 0 aliphatic heterocycles. The standard InChI is InChI=1S/C56H96O6/c1-4-7-10-13-16-19-22-24-26-27-28-29-31-32-34-37-40-43-46-49-55(58)61-52-53(51-60-54(57)48-45-42-39-36-21-18-15-12-9-6-3)62-56(59)50-47-44-41-38-35-33-30-25-23-20-17-14-11-8-5-2/h8,11-12,15-17,19-20,24-26,30,53H,4-7,9-10,13-14,18,21-23,27-29,31-52H2,1-3H3/b11-8-,15-12-,19-16-,20-17-,26-24-,30-25-. The van der Waals surface area contributed by atoms with Crippen LogP contribution in [0.4, 0.5) is 0 Å². The lowest BCUT2D eigenvalue weighted by Gasteiger charge is -2.18. The molecule has 0 spiro atoms. The van der Waals surface area contributed by atoms with Gasteiger partial charge in [0.25, 0.3) is 0 Å². The summed E-state index contributed by atoms with van der Waals surface area (Å²) in [6.07, 6.45) is 63.2. The summed E-state index contributed by atoms with van der Waals surface area (Å²) >= 11 is 0. The van der Waals surface area contributed by atoms with Crippen LogP contribution < -0.4 is 0 Å². The molecule has 0 rings (SSSR count). The zero-order valence-corrected chi connectivity index (χ0v) is 40.6. The molecule has 0 radical (unpaired) electrons. The molecule has 0 amide bonds. The van der Waals surface area contributed by atoms with Crippen molar-refractivity contribution in [3.63, 3.8) is 0 Å².